The predicted octanol–water partition coefficient (Wildman–Crippen LogP) is 3.90. The monoisotopic (exact) mass is 453 g/mol. The van der Waals surface area contributed by atoms with Crippen LogP contribution in [0.15, 0.2) is 73.6 Å². The van der Waals surface area contributed by atoms with Gasteiger partial charge in [-0.15, -0.1) is 10.2 Å². The molecule has 2 N–H and O–H groups in total. The molecule has 1 fully saturated rings. The molecule has 1 aliphatic carbocycles. The molecule has 7 nitrogen and oxygen atoms in total. The van der Waals surface area contributed by atoms with E-state index in [0.29, 0.717) is 17.8 Å². The lowest BCUT2D eigenvalue weighted by Gasteiger charge is -2.36. The van der Waals surface area contributed by atoms with Gasteiger partial charge in [-0.2, -0.15) is 0 Å². The van der Waals surface area contributed by atoms with Crippen LogP contribution in [-0.4, -0.2) is 41.1 Å². The molecule has 2 aromatic carbocycles. The van der Waals surface area contributed by atoms with Gasteiger partial charge in [0.05, 0.1) is 6.61 Å². The van der Waals surface area contributed by atoms with Crippen molar-refractivity contribution in [3.63, 3.8) is 0 Å². The summed E-state index contributed by atoms with van der Waals surface area (Å²) >= 11 is 0. The van der Waals surface area contributed by atoms with E-state index >= 15 is 0 Å². The van der Waals surface area contributed by atoms with E-state index in [1.807, 2.05) is 12.1 Å². The van der Waals surface area contributed by atoms with Crippen LogP contribution in [0.4, 0.5) is 0 Å². The van der Waals surface area contributed by atoms with E-state index in [-0.39, 0.29) is 6.61 Å². The highest BCUT2D eigenvalue weighted by atomic mass is 16.3. The number of benzene rings is 2. The average molecular weight is 454 g/mol. The van der Waals surface area contributed by atoms with E-state index in [9.17, 15) is 10.2 Å². The van der Waals surface area contributed by atoms with Crippen molar-refractivity contribution in [2.24, 2.45) is 0 Å². The van der Waals surface area contributed by atoms with Gasteiger partial charge in [0.1, 0.15) is 30.6 Å². The van der Waals surface area contributed by atoms with E-state index in [0.717, 1.165) is 24.0 Å². The molecule has 2 aromatic heterocycles. The Labute approximate surface area is 198 Å². The second-order valence-electron chi connectivity index (χ2n) is 8.77. The van der Waals surface area contributed by atoms with Crippen molar-refractivity contribution in [3.05, 3.63) is 90.5 Å². The molecule has 7 heteroatoms. The molecule has 0 spiro atoms. The quantitative estimate of drug-likeness (QED) is 0.432. The van der Waals surface area contributed by atoms with Gasteiger partial charge in [-0.3, -0.25) is 0 Å². The first-order chi connectivity index (χ1) is 16.6. The largest absolute Gasteiger partial charge is 0.393 e. The minimum atomic E-state index is -0.726. The maximum absolute atomic E-state index is 9.86. The van der Waals surface area contributed by atoms with Gasteiger partial charge in [0.2, 0.25) is 0 Å². The summed E-state index contributed by atoms with van der Waals surface area (Å²) in [5.41, 5.74) is 4.55. The first-order valence-electron chi connectivity index (χ1n) is 11.5. The van der Waals surface area contributed by atoms with Gasteiger partial charge in [-0.05, 0) is 54.5 Å². The zero-order valence-electron chi connectivity index (χ0n) is 19.0. The summed E-state index contributed by atoms with van der Waals surface area (Å²) in [4.78, 5) is 4.15. The Balaban J connectivity index is 1.24. The van der Waals surface area contributed by atoms with Crippen molar-refractivity contribution in [2.75, 3.05) is 6.61 Å². The lowest BCUT2D eigenvalue weighted by molar-refractivity contribution is 0.176. The molecule has 0 radical (unpaired) electrons. The van der Waals surface area contributed by atoms with Gasteiger partial charge in [-0.25, -0.2) is 4.98 Å². The van der Waals surface area contributed by atoms with Crippen molar-refractivity contribution in [1.29, 1.82) is 0 Å². The number of imidazole rings is 1. The molecule has 1 saturated carbocycles. The maximum atomic E-state index is 9.86. The molecule has 0 saturated heterocycles. The van der Waals surface area contributed by atoms with E-state index < -0.39 is 12.1 Å². The summed E-state index contributed by atoms with van der Waals surface area (Å²) in [6.07, 6.45) is 8.44. The Kier molecular flexibility index (Phi) is 6.26. The van der Waals surface area contributed by atoms with E-state index in [1.54, 1.807) is 36.5 Å². The summed E-state index contributed by atoms with van der Waals surface area (Å²) in [7, 11) is 0. The molecule has 2 atom stereocenters. The molecule has 0 bridgehead atoms. The molecule has 34 heavy (non-hydrogen) atoms. The average Bonchev–Trinajstić information content (AvgIpc) is 3.52. The Morgan fingerprint density at radius 2 is 1.65 bits per heavy atom. The highest BCUT2D eigenvalue weighted by molar-refractivity contribution is 5.64. The van der Waals surface area contributed by atoms with Crippen LogP contribution in [0.25, 0.3) is 11.1 Å². The van der Waals surface area contributed by atoms with Crippen LogP contribution in [0.5, 0.6) is 0 Å². The van der Waals surface area contributed by atoms with Crippen LogP contribution >= 0.6 is 0 Å². The molecule has 1 aliphatic rings. The number of hydrogen-bond acceptors (Lipinski definition) is 5. The normalized spacial score (nSPS) is 19.0. The second kappa shape index (κ2) is 9.64. The third kappa shape index (κ3) is 4.51. The van der Waals surface area contributed by atoms with Crippen LogP contribution in [0, 0.1) is 11.8 Å². The van der Waals surface area contributed by atoms with Crippen molar-refractivity contribution in [2.45, 2.75) is 43.9 Å². The van der Waals surface area contributed by atoms with E-state index in [1.165, 1.54) is 11.1 Å². The highest BCUT2D eigenvalue weighted by Crippen LogP contribution is 2.44. The Bertz CT molecular complexity index is 1280. The van der Waals surface area contributed by atoms with Crippen LogP contribution < -0.4 is 0 Å². The lowest BCUT2D eigenvalue weighted by atomic mass is 9.75. The number of hydrogen-bond donors (Lipinski definition) is 2. The minimum absolute atomic E-state index is 0.158. The molecule has 172 valence electrons. The SMILES string of the molecule is C[C@H](O)c1nccn1[C@@H](C#Cc1ccc(-c2ccc(C3CC(n4cnnc4)C3)cc2)cc1)CO. The third-order valence-electron chi connectivity index (χ3n) is 6.54. The van der Waals surface area contributed by atoms with Gasteiger partial charge < -0.3 is 19.3 Å². The number of nitrogens with zero attached hydrogens (tertiary/aromatic N) is 5. The number of rotatable bonds is 6. The van der Waals surface area contributed by atoms with E-state index in [2.05, 4.69) is 68.0 Å². The first kappa shape index (κ1) is 22.1. The Morgan fingerprint density at radius 1 is 1.00 bits per heavy atom. The second-order valence-corrected chi connectivity index (χ2v) is 8.77. The summed E-state index contributed by atoms with van der Waals surface area (Å²) in [6.45, 7) is 1.49. The maximum Gasteiger partial charge on any atom is 0.138 e. The summed E-state index contributed by atoms with van der Waals surface area (Å²) in [5.74, 6) is 7.30. The number of aromatic nitrogens is 5. The molecule has 0 unspecified atom stereocenters. The van der Waals surface area contributed by atoms with E-state index in [4.69, 9.17) is 0 Å². The van der Waals surface area contributed by atoms with Gasteiger partial charge in [0, 0.05) is 24.0 Å². The van der Waals surface area contributed by atoms with Crippen LogP contribution in [0.3, 0.4) is 0 Å². The zero-order valence-corrected chi connectivity index (χ0v) is 19.0. The Hall–Kier alpha value is -3.73. The third-order valence-corrected chi connectivity index (χ3v) is 6.54. The summed E-state index contributed by atoms with van der Waals surface area (Å²) in [5, 5.41) is 27.4. The van der Waals surface area contributed by atoms with Gasteiger partial charge in [-0.1, -0.05) is 48.2 Å². The fourth-order valence-corrected chi connectivity index (χ4v) is 4.48. The number of aliphatic hydroxyl groups is 2. The molecule has 0 aliphatic heterocycles. The van der Waals surface area contributed by atoms with Gasteiger partial charge in [0.15, 0.2) is 0 Å². The molecule has 5 rings (SSSR count). The first-order valence-corrected chi connectivity index (χ1v) is 11.5. The van der Waals surface area contributed by atoms with Gasteiger partial charge in [0.25, 0.3) is 0 Å². The molecule has 2 heterocycles. The summed E-state index contributed by atoms with van der Waals surface area (Å²) < 4.78 is 3.81. The van der Waals surface area contributed by atoms with Gasteiger partial charge >= 0.3 is 0 Å². The standard InChI is InChI=1S/C27H27N5O2/c1-19(34)27-28-12-13-32(27)25(16-33)11-4-20-2-5-21(6-3-20)22-7-9-23(10-8-22)24-14-26(15-24)31-17-29-30-18-31/h2-3,5-10,12-13,17-19,24-26,33-34H,14-16H2,1H3/t19-,24?,25-,26?/m0/s1. The van der Waals surface area contributed by atoms with Crippen molar-refractivity contribution in [1.82, 2.24) is 24.3 Å². The molecule has 4 aromatic rings. The van der Waals surface area contributed by atoms with Crippen LogP contribution in [0.2, 0.25) is 0 Å². The fourth-order valence-electron chi connectivity index (χ4n) is 4.48. The predicted molar refractivity (Wildman–Crippen MR) is 129 cm³/mol. The Morgan fingerprint density at radius 3 is 2.26 bits per heavy atom. The minimum Gasteiger partial charge on any atom is -0.393 e. The smallest absolute Gasteiger partial charge is 0.138 e. The molecule has 0 amide bonds. The highest BCUT2D eigenvalue weighted by Gasteiger charge is 2.31. The topological polar surface area (TPSA) is 89.0 Å². The summed E-state index contributed by atoms with van der Waals surface area (Å²) in [6, 6.07) is 17.0. The van der Waals surface area contributed by atoms with Crippen molar-refractivity contribution in [3.8, 4) is 23.0 Å². The molecular formula is C27H27N5O2. The van der Waals surface area contributed by atoms with Crippen LogP contribution in [0.1, 0.15) is 60.8 Å². The number of aliphatic hydroxyl groups excluding tert-OH is 2. The van der Waals surface area contributed by atoms with Crippen molar-refractivity contribution >= 4 is 0 Å². The fraction of sp³-hybridized carbons (Fsp3) is 0.296. The van der Waals surface area contributed by atoms with Crippen molar-refractivity contribution < 1.29 is 10.2 Å². The lowest BCUT2D eigenvalue weighted by Crippen LogP contribution is -2.24. The molecular weight excluding hydrogens is 426 g/mol. The van der Waals surface area contributed by atoms with Crippen LogP contribution in [-0.2, 0) is 0 Å². The zero-order chi connectivity index (χ0) is 23.5.